The Labute approximate surface area is 128 Å². The molecule has 0 unspecified atom stereocenters. The zero-order valence-corrected chi connectivity index (χ0v) is 12.3. The molecule has 0 amide bonds. The highest BCUT2D eigenvalue weighted by Gasteiger charge is 2.33. The Hall–Kier alpha value is -1.98. The number of nitriles is 1. The topological polar surface area (TPSA) is 39.9 Å². The lowest BCUT2D eigenvalue weighted by Crippen LogP contribution is -2.18. The molecule has 0 bridgehead atoms. The first-order valence-electron chi connectivity index (χ1n) is 6.18. The molecule has 0 fully saturated rings. The molecule has 0 aliphatic heterocycles. The highest BCUT2D eigenvalue weighted by molar-refractivity contribution is 7.09. The molecule has 0 saturated carbocycles. The highest BCUT2D eigenvalue weighted by Crippen LogP contribution is 2.30. The maximum absolute atomic E-state index is 13.2. The van der Waals surface area contributed by atoms with Crippen LogP contribution >= 0.6 is 11.3 Å². The molecule has 1 heterocycles. The van der Waals surface area contributed by atoms with Crippen LogP contribution in [0.25, 0.3) is 0 Å². The fourth-order valence-corrected chi connectivity index (χ4v) is 2.77. The van der Waals surface area contributed by atoms with E-state index in [0.717, 1.165) is 16.7 Å². The van der Waals surface area contributed by atoms with Crippen LogP contribution in [-0.4, -0.2) is 16.9 Å². The maximum Gasteiger partial charge on any atom is 0.434 e. The summed E-state index contributed by atoms with van der Waals surface area (Å²) in [5.74, 6) is -0.462. The van der Waals surface area contributed by atoms with Crippen molar-refractivity contribution in [1.82, 2.24) is 9.88 Å². The van der Waals surface area contributed by atoms with Gasteiger partial charge in [-0.1, -0.05) is 0 Å². The van der Waals surface area contributed by atoms with Gasteiger partial charge in [0, 0.05) is 11.9 Å². The molecule has 8 heteroatoms. The van der Waals surface area contributed by atoms with Crippen LogP contribution in [0.5, 0.6) is 0 Å². The number of alkyl halides is 3. The molecular weight excluding hydrogens is 318 g/mol. The van der Waals surface area contributed by atoms with Gasteiger partial charge in [-0.15, -0.1) is 11.3 Å². The van der Waals surface area contributed by atoms with Gasteiger partial charge in [0.15, 0.2) is 5.69 Å². The van der Waals surface area contributed by atoms with Crippen LogP contribution in [0.2, 0.25) is 0 Å². The Balaban J connectivity index is 2.08. The molecule has 3 nitrogen and oxygen atoms in total. The van der Waals surface area contributed by atoms with Crippen LogP contribution in [0.1, 0.15) is 21.8 Å². The van der Waals surface area contributed by atoms with Gasteiger partial charge in [-0.2, -0.15) is 18.4 Å². The number of nitrogens with zero attached hydrogens (tertiary/aromatic N) is 3. The number of aromatic nitrogens is 1. The molecule has 0 N–H and O–H groups in total. The highest BCUT2D eigenvalue weighted by atomic mass is 32.1. The van der Waals surface area contributed by atoms with E-state index in [-0.39, 0.29) is 13.1 Å². The molecule has 0 atom stereocenters. The molecular formula is C14H11F4N3S. The van der Waals surface area contributed by atoms with Crippen LogP contribution in [0.4, 0.5) is 17.6 Å². The van der Waals surface area contributed by atoms with Gasteiger partial charge in [-0.3, -0.25) is 4.90 Å². The van der Waals surface area contributed by atoms with Crippen molar-refractivity contribution in [1.29, 1.82) is 5.26 Å². The first kappa shape index (κ1) is 16.4. The van der Waals surface area contributed by atoms with E-state index < -0.39 is 17.7 Å². The average molecular weight is 329 g/mol. The third kappa shape index (κ3) is 4.02. The number of hydrogen-bond donors (Lipinski definition) is 0. The molecule has 22 heavy (non-hydrogen) atoms. The number of thiazole rings is 1. The van der Waals surface area contributed by atoms with Crippen molar-refractivity contribution < 1.29 is 17.6 Å². The summed E-state index contributed by atoms with van der Waals surface area (Å²) in [4.78, 5) is 5.21. The standard InChI is InChI=1S/C14H11F4N3S/c1-21(6-10-4-11(15)3-2-9(10)5-19)7-13-20-12(8-22-13)14(16,17)18/h2-4,8H,6-7H2,1H3. The summed E-state index contributed by atoms with van der Waals surface area (Å²) in [5.41, 5.74) is -0.0923. The van der Waals surface area contributed by atoms with E-state index in [1.807, 2.05) is 6.07 Å². The molecule has 0 aliphatic carbocycles. The molecule has 1 aromatic heterocycles. The second-order valence-corrected chi connectivity index (χ2v) is 5.65. The summed E-state index contributed by atoms with van der Waals surface area (Å²) in [5, 5.41) is 10.3. The average Bonchev–Trinajstić information content (AvgIpc) is 2.87. The number of benzene rings is 1. The summed E-state index contributed by atoms with van der Waals surface area (Å²) in [6.45, 7) is 0.420. The van der Waals surface area contributed by atoms with E-state index in [4.69, 9.17) is 5.26 Å². The smallest absolute Gasteiger partial charge is 0.295 e. The normalized spacial score (nSPS) is 11.7. The lowest BCUT2D eigenvalue weighted by atomic mass is 10.1. The van der Waals surface area contributed by atoms with Crippen LogP contribution in [0, 0.1) is 17.1 Å². The minimum Gasteiger partial charge on any atom is -0.295 e. The van der Waals surface area contributed by atoms with Crippen LogP contribution in [0.15, 0.2) is 23.6 Å². The predicted molar refractivity (Wildman–Crippen MR) is 73.4 cm³/mol. The summed E-state index contributed by atoms with van der Waals surface area (Å²) in [6, 6.07) is 5.78. The molecule has 0 aliphatic rings. The van der Waals surface area contributed by atoms with Gasteiger partial charge in [0.25, 0.3) is 0 Å². The zero-order valence-electron chi connectivity index (χ0n) is 11.5. The van der Waals surface area contributed by atoms with E-state index in [1.165, 1.54) is 18.2 Å². The van der Waals surface area contributed by atoms with Gasteiger partial charge >= 0.3 is 6.18 Å². The van der Waals surface area contributed by atoms with Crippen LogP contribution in [-0.2, 0) is 19.3 Å². The summed E-state index contributed by atoms with van der Waals surface area (Å²) in [6.07, 6.45) is -4.45. The molecule has 1 aromatic carbocycles. The van der Waals surface area contributed by atoms with Crippen molar-refractivity contribution in [3.63, 3.8) is 0 Å². The first-order chi connectivity index (χ1) is 10.3. The van der Waals surface area contributed by atoms with Crippen molar-refractivity contribution in [2.75, 3.05) is 7.05 Å². The minimum absolute atomic E-state index is 0.183. The second kappa shape index (κ2) is 6.42. The van der Waals surface area contributed by atoms with Crippen LogP contribution < -0.4 is 0 Å². The van der Waals surface area contributed by atoms with Gasteiger partial charge in [0.1, 0.15) is 10.8 Å². The SMILES string of the molecule is CN(Cc1nc(C(F)(F)F)cs1)Cc1cc(F)ccc1C#N. The molecule has 2 rings (SSSR count). The van der Waals surface area contributed by atoms with E-state index >= 15 is 0 Å². The van der Waals surface area contributed by atoms with Crippen molar-refractivity contribution in [2.24, 2.45) is 0 Å². The van der Waals surface area contributed by atoms with Gasteiger partial charge in [-0.05, 0) is 30.8 Å². The largest absolute Gasteiger partial charge is 0.434 e. The van der Waals surface area contributed by atoms with Gasteiger partial charge < -0.3 is 0 Å². The summed E-state index contributed by atoms with van der Waals surface area (Å²) < 4.78 is 50.7. The summed E-state index contributed by atoms with van der Waals surface area (Å²) in [7, 11) is 1.67. The Morgan fingerprint density at radius 1 is 1.32 bits per heavy atom. The number of hydrogen-bond acceptors (Lipinski definition) is 4. The quantitative estimate of drug-likeness (QED) is 0.801. The number of rotatable bonds is 4. The van der Waals surface area contributed by atoms with Gasteiger partial charge in [-0.25, -0.2) is 9.37 Å². The molecule has 0 saturated heterocycles. The minimum atomic E-state index is -4.45. The van der Waals surface area contributed by atoms with Crippen molar-refractivity contribution in [3.05, 3.63) is 51.2 Å². The first-order valence-corrected chi connectivity index (χ1v) is 7.06. The van der Waals surface area contributed by atoms with Crippen molar-refractivity contribution >= 4 is 11.3 Å². The fraction of sp³-hybridized carbons (Fsp3) is 0.286. The Kier molecular flexibility index (Phi) is 4.78. The third-order valence-corrected chi connectivity index (χ3v) is 3.71. The van der Waals surface area contributed by atoms with Crippen molar-refractivity contribution in [2.45, 2.75) is 19.3 Å². The van der Waals surface area contributed by atoms with Crippen molar-refractivity contribution in [3.8, 4) is 6.07 Å². The molecule has 2 aromatic rings. The fourth-order valence-electron chi connectivity index (χ4n) is 1.89. The Morgan fingerprint density at radius 3 is 2.64 bits per heavy atom. The van der Waals surface area contributed by atoms with Gasteiger partial charge in [0.05, 0.1) is 18.2 Å². The lowest BCUT2D eigenvalue weighted by molar-refractivity contribution is -0.140. The molecule has 0 spiro atoms. The number of halogens is 4. The van der Waals surface area contributed by atoms with E-state index in [0.29, 0.717) is 16.1 Å². The maximum atomic E-state index is 13.2. The summed E-state index contributed by atoms with van der Waals surface area (Å²) >= 11 is 0.917. The van der Waals surface area contributed by atoms with Gasteiger partial charge in [0.2, 0.25) is 0 Å². The zero-order chi connectivity index (χ0) is 16.3. The molecule has 0 radical (unpaired) electrons. The van der Waals surface area contributed by atoms with E-state index in [9.17, 15) is 17.6 Å². The van der Waals surface area contributed by atoms with Crippen LogP contribution in [0.3, 0.4) is 0 Å². The Morgan fingerprint density at radius 2 is 2.05 bits per heavy atom. The third-order valence-electron chi connectivity index (χ3n) is 2.88. The lowest BCUT2D eigenvalue weighted by Gasteiger charge is -2.16. The molecule has 116 valence electrons. The predicted octanol–water partition coefficient (Wildman–Crippen LogP) is 3.80. The van der Waals surface area contributed by atoms with E-state index in [2.05, 4.69) is 4.98 Å². The van der Waals surface area contributed by atoms with E-state index in [1.54, 1.807) is 11.9 Å². The monoisotopic (exact) mass is 329 g/mol. The second-order valence-electron chi connectivity index (χ2n) is 4.71. The Bertz CT molecular complexity index is 703.